The van der Waals surface area contributed by atoms with E-state index in [4.69, 9.17) is 0 Å². The standard InChI is InChI=1S/C105H166N2O2S4/c1-9-14-19-24-29-34-38-46-53-60-67-84(66-59-52-45-33-28-23-18-13-5)80-106-92-77-91-93-76-90(92)100(104(106)108)96-74-72-94(110-96)83(8)65-58-51-44-42-43-48-55-62-69-85(68-61-54-47-39-35-30-25-20-15-10-2)81-107(93)105(109)101(91)97-75-73-95(111-97)99-79-89-87(71-64-57-50-41-37-32-27-22-17-12-4)102-88(78-98(112-102)82(6)7)86(103(89)113-99)70-63-56-49-40-36-31-26-21-16-11-3/h72-79,82-85H,9-71,80-81H2,1-8H3. The fraction of sp³-hybridized carbons (Fsp3) is 0.733. The van der Waals surface area contributed by atoms with Crippen molar-refractivity contribution in [3.05, 3.63) is 89.6 Å². The average molecular weight is 1620 g/mol. The Kier molecular flexibility index (Phi) is 45.1. The number of hydrogen-bond donors (Lipinski definition) is 0. The van der Waals surface area contributed by atoms with E-state index in [9.17, 15) is 0 Å². The van der Waals surface area contributed by atoms with Gasteiger partial charge in [-0.1, -0.05) is 402 Å². The molecule has 0 radical (unpaired) electrons. The highest BCUT2D eigenvalue weighted by atomic mass is 32.1. The number of carbonyl (C=O) groups excluding carboxylic acids is 2. The lowest BCUT2D eigenvalue weighted by molar-refractivity contribution is -0.114. The average Bonchev–Trinajstić information content (AvgIpc) is 1.50. The topological polar surface area (TPSA) is 40.6 Å². The van der Waals surface area contributed by atoms with Crippen LogP contribution in [-0.4, -0.2) is 24.9 Å². The van der Waals surface area contributed by atoms with E-state index in [0.717, 1.165) is 68.6 Å². The highest BCUT2D eigenvalue weighted by Crippen LogP contribution is 2.49. The van der Waals surface area contributed by atoms with Gasteiger partial charge in [0.15, 0.2) is 0 Å². The molecule has 2 aromatic carbocycles. The molecule has 0 N–H and O–H groups in total. The molecule has 2 amide bonds. The molecule has 3 aliphatic rings. The van der Waals surface area contributed by atoms with Gasteiger partial charge in [0.05, 0.1) is 22.5 Å². The lowest BCUT2D eigenvalue weighted by Crippen LogP contribution is -2.35. The quantitative estimate of drug-likeness (QED) is 0.0357. The van der Waals surface area contributed by atoms with Crippen LogP contribution in [0.1, 0.15) is 490 Å². The number of thiophene rings is 4. The van der Waals surface area contributed by atoms with Crippen LogP contribution >= 0.6 is 45.3 Å². The summed E-state index contributed by atoms with van der Waals surface area (Å²) in [4.78, 5) is 45.2. The first-order valence-electron chi connectivity index (χ1n) is 49.4. The Morgan fingerprint density at radius 1 is 0.372 bits per heavy atom. The molecule has 3 unspecified atom stereocenters. The number of benzene rings is 2. The van der Waals surface area contributed by atoms with E-state index < -0.39 is 0 Å². The largest absolute Gasteiger partial charge is 0.307 e. The van der Waals surface area contributed by atoms with Gasteiger partial charge in [0.2, 0.25) is 0 Å². The Morgan fingerprint density at radius 3 is 1.26 bits per heavy atom. The lowest BCUT2D eigenvalue weighted by atomic mass is 9.93. The van der Waals surface area contributed by atoms with Gasteiger partial charge in [0.1, 0.15) is 0 Å². The smallest absolute Gasteiger partial charge is 0.260 e. The van der Waals surface area contributed by atoms with Crippen molar-refractivity contribution in [2.45, 2.75) is 472 Å². The Bertz CT molecular complexity index is 3660. The zero-order valence-corrected chi connectivity index (χ0v) is 77.5. The first kappa shape index (κ1) is 93.3. The van der Waals surface area contributed by atoms with Crippen LogP contribution in [0, 0.1) is 11.8 Å². The van der Waals surface area contributed by atoms with E-state index >= 15 is 9.59 Å². The first-order chi connectivity index (χ1) is 55.6. The second-order valence-corrected chi connectivity index (χ2v) is 41.1. The minimum absolute atomic E-state index is 0.179. The number of nitrogens with zero attached hydrogens (tertiary/aromatic N) is 2. The van der Waals surface area contributed by atoms with E-state index in [1.165, 1.54) is 421 Å². The third kappa shape index (κ3) is 30.3. The van der Waals surface area contributed by atoms with Gasteiger partial charge < -0.3 is 9.80 Å². The van der Waals surface area contributed by atoms with Gasteiger partial charge in [-0.25, -0.2) is 0 Å². The SMILES string of the molecule is CCCCCCCCCCCCc1c2cc(C(C)C)sc2c(CCCCCCCCCCCC)c2cc(-c3ccc(C4=c5cc6c7cc5N(CC(CCCCCCCCCCCC)CCCCCCCCCCC(C)c5ccc(s5)C=7C(=O)N6CC(CCCCCCCCCC)CCCCCCCCCCCC)C4=O)s3)sc12. The zero-order valence-electron chi connectivity index (χ0n) is 74.2. The Balaban J connectivity index is 1.12. The van der Waals surface area contributed by atoms with Gasteiger partial charge in [-0.2, -0.15) is 0 Å². The van der Waals surface area contributed by atoms with Crippen molar-refractivity contribution < 1.29 is 9.59 Å². The van der Waals surface area contributed by atoms with Crippen molar-refractivity contribution in [2.24, 2.45) is 11.8 Å². The molecule has 7 heterocycles. The molecule has 632 valence electrons. The number of hydrogen-bond acceptors (Lipinski definition) is 6. The molecular formula is C105H166N2O2S4. The molecule has 0 saturated carbocycles. The van der Waals surface area contributed by atoms with Gasteiger partial charge in [0, 0.05) is 62.2 Å². The number of rotatable bonds is 58. The molecule has 9 rings (SSSR count). The molecule has 4 aromatic heterocycles. The highest BCUT2D eigenvalue weighted by molar-refractivity contribution is 7.27. The van der Waals surface area contributed by atoms with Crippen LogP contribution in [0.3, 0.4) is 0 Å². The lowest BCUT2D eigenvalue weighted by Gasteiger charge is -2.27. The summed E-state index contributed by atoms with van der Waals surface area (Å²) in [6.45, 7) is 20.4. The van der Waals surface area contributed by atoms with Gasteiger partial charge in [-0.15, -0.1) is 45.3 Å². The van der Waals surface area contributed by atoms with Crippen LogP contribution in [-0.2, 0) is 22.4 Å². The molecule has 0 aliphatic carbocycles. The second kappa shape index (κ2) is 54.6. The maximum Gasteiger partial charge on any atom is 0.260 e. The van der Waals surface area contributed by atoms with Gasteiger partial charge >= 0.3 is 0 Å². The van der Waals surface area contributed by atoms with Gasteiger partial charge in [-0.05, 0) is 152 Å². The van der Waals surface area contributed by atoms with Gasteiger partial charge in [0.25, 0.3) is 11.8 Å². The maximum absolute atomic E-state index is 16.6. The summed E-state index contributed by atoms with van der Waals surface area (Å²) in [5, 5.41) is 5.18. The molecule has 0 fully saturated rings. The molecule has 3 aliphatic heterocycles. The number of aryl methyl sites for hydroxylation is 2. The van der Waals surface area contributed by atoms with Crippen LogP contribution in [0.15, 0.2) is 48.5 Å². The van der Waals surface area contributed by atoms with Crippen molar-refractivity contribution in [1.29, 1.82) is 0 Å². The highest BCUT2D eigenvalue weighted by Gasteiger charge is 2.39. The van der Waals surface area contributed by atoms with Crippen LogP contribution in [0.5, 0.6) is 0 Å². The fourth-order valence-corrected chi connectivity index (χ4v) is 24.3. The van der Waals surface area contributed by atoms with Crippen LogP contribution < -0.4 is 20.2 Å². The molecule has 0 spiro atoms. The Hall–Kier alpha value is -3.56. The minimum Gasteiger partial charge on any atom is -0.307 e. The predicted molar refractivity (Wildman–Crippen MR) is 507 cm³/mol. The van der Waals surface area contributed by atoms with Crippen molar-refractivity contribution in [3.8, 4) is 9.75 Å². The van der Waals surface area contributed by atoms with E-state index in [1.807, 2.05) is 22.7 Å². The number of unbranched alkanes of at least 4 members (excludes halogenated alkanes) is 43. The van der Waals surface area contributed by atoms with Crippen molar-refractivity contribution in [1.82, 2.24) is 0 Å². The molecule has 3 atom stereocenters. The minimum atomic E-state index is 0.179. The molecule has 0 saturated heterocycles. The number of fused-ring (bicyclic) bond motifs is 5. The van der Waals surface area contributed by atoms with Crippen molar-refractivity contribution in [2.75, 3.05) is 22.9 Å². The maximum atomic E-state index is 16.6. The van der Waals surface area contributed by atoms with E-state index in [0.29, 0.717) is 23.7 Å². The summed E-state index contributed by atoms with van der Waals surface area (Å²) in [7, 11) is 0. The van der Waals surface area contributed by atoms with Gasteiger partial charge in [-0.3, -0.25) is 9.59 Å². The summed E-state index contributed by atoms with van der Waals surface area (Å²) in [5.74, 6) is 2.17. The Labute approximate surface area is 710 Å². The van der Waals surface area contributed by atoms with Crippen molar-refractivity contribution >= 4 is 99.9 Å². The Morgan fingerprint density at radius 2 is 0.761 bits per heavy atom. The molecular weight excluding hydrogens is 1450 g/mol. The molecule has 113 heavy (non-hydrogen) atoms. The number of amides is 2. The summed E-state index contributed by atoms with van der Waals surface area (Å²) in [6, 6.07) is 19.5. The van der Waals surface area contributed by atoms with Crippen molar-refractivity contribution in [3.63, 3.8) is 0 Å². The van der Waals surface area contributed by atoms with E-state index in [-0.39, 0.29) is 11.8 Å². The third-order valence-corrected chi connectivity index (χ3v) is 32.0. The fourth-order valence-electron chi connectivity index (χ4n) is 19.4. The number of carbonyl (C=O) groups is 2. The molecule has 4 nitrogen and oxygen atoms in total. The summed E-state index contributed by atoms with van der Waals surface area (Å²) in [5.41, 5.74) is 7.05. The predicted octanol–water partition coefficient (Wildman–Crippen LogP) is 34.5. The van der Waals surface area contributed by atoms with Crippen LogP contribution in [0.2, 0.25) is 0 Å². The molecule has 4 bridgehead atoms. The zero-order chi connectivity index (χ0) is 79.5. The second-order valence-electron chi connectivity index (χ2n) is 36.8. The van der Waals surface area contributed by atoms with Crippen LogP contribution in [0.4, 0.5) is 11.4 Å². The summed E-state index contributed by atoms with van der Waals surface area (Å²) >= 11 is 7.93. The summed E-state index contributed by atoms with van der Waals surface area (Å²) < 4.78 is 3.10. The summed E-state index contributed by atoms with van der Waals surface area (Å²) in [6.07, 6.45) is 83.0. The van der Waals surface area contributed by atoms with Crippen LogP contribution in [0.25, 0.3) is 41.1 Å². The first-order valence-corrected chi connectivity index (χ1v) is 52.6. The third-order valence-electron chi connectivity index (χ3n) is 26.7. The molecule has 8 heteroatoms. The normalized spacial score (nSPS) is 16.3. The number of anilines is 2. The monoisotopic (exact) mass is 1620 g/mol. The van der Waals surface area contributed by atoms with E-state index in [1.54, 1.807) is 21.2 Å². The van der Waals surface area contributed by atoms with E-state index in [2.05, 4.69) is 136 Å². The molecule has 6 aromatic rings.